The average molecular weight is 719 g/mol. The number of ketones is 1. The van der Waals surface area contributed by atoms with E-state index in [1.807, 2.05) is 0 Å². The predicted molar refractivity (Wildman–Crippen MR) is 186 cm³/mol. The van der Waals surface area contributed by atoms with E-state index in [1.165, 1.54) is 81.8 Å². The molecule has 3 aromatic carbocycles. The number of hydrogen-bond acceptors (Lipinski definition) is 16. The highest BCUT2D eigenvalue weighted by Gasteiger charge is 2.22. The molecule has 0 aliphatic carbocycles. The third kappa shape index (κ3) is 10.0. The molecule has 1 unspecified atom stereocenters. The molecule has 52 heavy (non-hydrogen) atoms. The summed E-state index contributed by atoms with van der Waals surface area (Å²) in [5.74, 6) is -5.48. The maximum atomic E-state index is 13.1. The summed E-state index contributed by atoms with van der Waals surface area (Å²) in [5, 5.41) is 23.1. The zero-order valence-corrected chi connectivity index (χ0v) is 28.7. The van der Waals surface area contributed by atoms with E-state index in [9.17, 15) is 38.7 Å². The highest BCUT2D eigenvalue weighted by Crippen LogP contribution is 2.22. The van der Waals surface area contributed by atoms with E-state index in [0.29, 0.717) is 0 Å². The minimum Gasteiger partial charge on any atom is -0.465 e. The molecular formula is C34H34N6O12. The molecule has 0 saturated heterocycles. The number of Topliss-reactive ketones (excluding diaryl/α,β-unsaturated/α-hetero) is 1. The van der Waals surface area contributed by atoms with Crippen molar-refractivity contribution in [3.8, 4) is 0 Å². The summed E-state index contributed by atoms with van der Waals surface area (Å²) in [7, 11) is 4.64. The van der Waals surface area contributed by atoms with Gasteiger partial charge in [-0.1, -0.05) is 0 Å². The largest absolute Gasteiger partial charge is 0.465 e. The zero-order chi connectivity index (χ0) is 38.5. The van der Waals surface area contributed by atoms with Crippen LogP contribution in [0, 0.1) is 0 Å². The number of nitrogens with one attached hydrogen (secondary N) is 4. The van der Waals surface area contributed by atoms with Crippen molar-refractivity contribution in [2.24, 2.45) is 10.2 Å². The Morgan fingerprint density at radius 2 is 1.00 bits per heavy atom. The second kappa shape index (κ2) is 18.2. The smallest absolute Gasteiger partial charge is 0.340 e. The van der Waals surface area contributed by atoms with Crippen LogP contribution in [0.4, 0.5) is 22.7 Å². The molecule has 2 amide bonds. The number of anilines is 4. The van der Waals surface area contributed by atoms with E-state index < -0.39 is 59.0 Å². The Morgan fingerprint density at radius 3 is 1.38 bits per heavy atom. The Bertz CT molecular complexity index is 1950. The SMILES string of the molecule is COC(=O)c1ccc(C(=O)OC)c(N/N=C(/C(C)=O)C(=O)Nc2ccc(NC(=O)/C(=N\Nc3cc(C(=O)OC)ccc3C(=O)OC)C(C)O)cc2)c1. The minimum absolute atomic E-state index is 0.0110. The van der Waals surface area contributed by atoms with Crippen LogP contribution < -0.4 is 21.5 Å². The van der Waals surface area contributed by atoms with Gasteiger partial charge in [-0.05, 0) is 67.6 Å². The van der Waals surface area contributed by atoms with Crippen LogP contribution in [0.5, 0.6) is 0 Å². The third-order valence-corrected chi connectivity index (χ3v) is 6.85. The highest BCUT2D eigenvalue weighted by atomic mass is 16.5. The topological polar surface area (TPSA) is 249 Å². The van der Waals surface area contributed by atoms with Crippen LogP contribution in [0.25, 0.3) is 0 Å². The number of rotatable bonds is 14. The lowest BCUT2D eigenvalue weighted by molar-refractivity contribution is -0.114. The molecule has 3 aromatic rings. The molecule has 0 heterocycles. The van der Waals surface area contributed by atoms with Gasteiger partial charge in [0.15, 0.2) is 17.2 Å². The molecular weight excluding hydrogens is 684 g/mol. The number of carbonyl (C=O) groups excluding carboxylic acids is 7. The highest BCUT2D eigenvalue weighted by molar-refractivity contribution is 6.67. The molecule has 1 atom stereocenters. The van der Waals surface area contributed by atoms with Crippen molar-refractivity contribution in [1.82, 2.24) is 0 Å². The van der Waals surface area contributed by atoms with E-state index >= 15 is 0 Å². The average Bonchev–Trinajstić information content (AvgIpc) is 3.13. The fourth-order valence-corrected chi connectivity index (χ4v) is 4.22. The molecule has 18 nitrogen and oxygen atoms in total. The number of methoxy groups -OCH3 is 4. The van der Waals surface area contributed by atoms with Crippen LogP contribution in [0.2, 0.25) is 0 Å². The second-order valence-corrected chi connectivity index (χ2v) is 10.4. The van der Waals surface area contributed by atoms with Crippen molar-refractivity contribution in [3.63, 3.8) is 0 Å². The molecule has 0 aliphatic heterocycles. The van der Waals surface area contributed by atoms with Crippen LogP contribution in [-0.4, -0.2) is 92.5 Å². The van der Waals surface area contributed by atoms with Crippen molar-refractivity contribution >= 4 is 75.6 Å². The first-order valence-corrected chi connectivity index (χ1v) is 14.9. The van der Waals surface area contributed by atoms with Crippen molar-refractivity contribution in [2.75, 3.05) is 49.9 Å². The number of nitrogens with zero attached hydrogens (tertiary/aromatic N) is 2. The van der Waals surface area contributed by atoms with Crippen LogP contribution in [-0.2, 0) is 33.3 Å². The quantitative estimate of drug-likeness (QED) is 0.0529. The fourth-order valence-electron chi connectivity index (χ4n) is 4.22. The molecule has 0 spiro atoms. The Kier molecular flexibility index (Phi) is 13.8. The van der Waals surface area contributed by atoms with Gasteiger partial charge < -0.3 is 34.7 Å². The van der Waals surface area contributed by atoms with Crippen molar-refractivity contribution in [1.29, 1.82) is 0 Å². The van der Waals surface area contributed by atoms with Crippen molar-refractivity contribution in [3.05, 3.63) is 82.9 Å². The molecule has 5 N–H and O–H groups in total. The van der Waals surface area contributed by atoms with Gasteiger partial charge in [0.1, 0.15) is 6.10 Å². The van der Waals surface area contributed by atoms with Gasteiger partial charge in [-0.2, -0.15) is 10.2 Å². The summed E-state index contributed by atoms with van der Waals surface area (Å²) < 4.78 is 18.9. The third-order valence-electron chi connectivity index (χ3n) is 6.85. The molecule has 0 radical (unpaired) electrons. The normalized spacial score (nSPS) is 11.7. The van der Waals surface area contributed by atoms with Crippen LogP contribution in [0.3, 0.4) is 0 Å². The standard InChI is InChI=1S/C34H34N6O12/c1-17(41)27(39-37-25-15-19(31(45)49-3)7-13-23(25)33(47)51-5)29(43)35-21-9-11-22(12-10-21)36-30(44)28(18(2)42)40-38-26-16-20(32(46)50-4)8-14-24(26)34(48)52-6/h7-17,37-38,41H,1-6H3,(H,35,43)(H,36,44)/b39-27-,40-28-. The lowest BCUT2D eigenvalue weighted by Crippen LogP contribution is -2.32. The summed E-state index contributed by atoms with van der Waals surface area (Å²) in [6.45, 7) is 2.37. The summed E-state index contributed by atoms with van der Waals surface area (Å²) >= 11 is 0. The minimum atomic E-state index is -1.40. The molecule has 272 valence electrons. The maximum absolute atomic E-state index is 13.1. The number of ether oxygens (including phenoxy) is 4. The first kappa shape index (κ1) is 39.5. The number of aliphatic hydroxyl groups excluding tert-OH is 1. The lowest BCUT2D eigenvalue weighted by Gasteiger charge is -2.13. The number of benzene rings is 3. The molecule has 18 heteroatoms. The van der Waals surface area contributed by atoms with Gasteiger partial charge in [0, 0.05) is 18.3 Å². The summed E-state index contributed by atoms with van der Waals surface area (Å²) in [5.41, 5.74) is 4.38. The predicted octanol–water partition coefficient (Wildman–Crippen LogP) is 2.62. The van der Waals surface area contributed by atoms with Gasteiger partial charge in [0.05, 0.1) is 62.1 Å². The Labute approximate surface area is 296 Å². The van der Waals surface area contributed by atoms with Gasteiger partial charge >= 0.3 is 23.9 Å². The van der Waals surface area contributed by atoms with Crippen LogP contribution in [0.15, 0.2) is 70.9 Å². The number of hydrazone groups is 2. The number of carbonyl (C=O) groups is 7. The van der Waals surface area contributed by atoms with E-state index in [0.717, 1.165) is 21.1 Å². The maximum Gasteiger partial charge on any atom is 0.340 e. The Hall–Kier alpha value is -6.95. The monoisotopic (exact) mass is 718 g/mol. The van der Waals surface area contributed by atoms with Gasteiger partial charge in [-0.25, -0.2) is 19.2 Å². The van der Waals surface area contributed by atoms with Crippen molar-refractivity contribution in [2.45, 2.75) is 20.0 Å². The first-order chi connectivity index (χ1) is 24.7. The van der Waals surface area contributed by atoms with Gasteiger partial charge in [-0.3, -0.25) is 25.2 Å². The lowest BCUT2D eigenvalue weighted by atomic mass is 10.1. The zero-order valence-electron chi connectivity index (χ0n) is 28.7. The van der Waals surface area contributed by atoms with Crippen LogP contribution in [0.1, 0.15) is 55.3 Å². The molecule has 0 saturated carbocycles. The molecule has 0 bridgehead atoms. The summed E-state index contributed by atoms with van der Waals surface area (Å²) in [6.07, 6.45) is -1.40. The molecule has 0 aromatic heterocycles. The van der Waals surface area contributed by atoms with Gasteiger partial charge in [-0.15, -0.1) is 0 Å². The summed E-state index contributed by atoms with van der Waals surface area (Å²) in [6, 6.07) is 13.3. The molecule has 3 rings (SSSR count). The first-order valence-electron chi connectivity index (χ1n) is 14.9. The van der Waals surface area contributed by atoms with Gasteiger partial charge in [0.25, 0.3) is 11.8 Å². The Morgan fingerprint density at radius 1 is 0.596 bits per heavy atom. The van der Waals surface area contributed by atoms with E-state index in [1.54, 1.807) is 0 Å². The number of hydrogen-bond donors (Lipinski definition) is 5. The Balaban J connectivity index is 1.78. The summed E-state index contributed by atoms with van der Waals surface area (Å²) in [4.78, 5) is 86.9. The second-order valence-electron chi connectivity index (χ2n) is 10.4. The number of amides is 2. The molecule has 0 aliphatic rings. The number of aliphatic hydroxyl groups is 1. The van der Waals surface area contributed by atoms with E-state index in [-0.39, 0.29) is 45.0 Å². The van der Waals surface area contributed by atoms with E-state index in [2.05, 4.69) is 36.4 Å². The van der Waals surface area contributed by atoms with Crippen molar-refractivity contribution < 1.29 is 57.6 Å². The van der Waals surface area contributed by atoms with E-state index in [4.69, 9.17) is 14.2 Å². The molecule has 0 fully saturated rings. The van der Waals surface area contributed by atoms with Gasteiger partial charge in [0.2, 0.25) is 0 Å². The van der Waals surface area contributed by atoms with Crippen LogP contribution >= 0.6 is 0 Å². The number of esters is 4. The fraction of sp³-hybridized carbons (Fsp3) is 0.206.